The maximum Gasteiger partial charge on any atom is 0.0226 e. The molecule has 0 bridgehead atoms. The average Bonchev–Trinajstić information content (AvgIpc) is 2.29. The van der Waals surface area contributed by atoms with E-state index in [4.69, 9.17) is 5.73 Å². The lowest BCUT2D eigenvalue weighted by Crippen LogP contribution is -2.57. The topological polar surface area (TPSA) is 35.7 Å². The van der Waals surface area contributed by atoms with Gasteiger partial charge in [0.2, 0.25) is 0 Å². The minimum Gasteiger partial charge on any atom is -0.324 e. The molecule has 2 atom stereocenters. The van der Waals surface area contributed by atoms with E-state index in [1.807, 2.05) is 0 Å². The first-order valence-corrected chi connectivity index (χ1v) is 7.79. The van der Waals surface area contributed by atoms with Gasteiger partial charge in [-0.05, 0) is 39.8 Å². The van der Waals surface area contributed by atoms with Crippen molar-refractivity contribution in [2.24, 2.45) is 11.7 Å². The zero-order chi connectivity index (χ0) is 14.0. The van der Waals surface area contributed by atoms with Crippen molar-refractivity contribution in [3.8, 4) is 0 Å². The molecule has 4 heteroatoms. The molecule has 0 spiro atoms. The fraction of sp³-hybridized carbons (Fsp3) is 1.00. The van der Waals surface area contributed by atoms with Gasteiger partial charge in [-0.3, -0.25) is 4.90 Å². The molecule has 0 aromatic heterocycles. The minimum absolute atomic E-state index is 0.0691. The Morgan fingerprint density at radius 1 is 1.11 bits per heavy atom. The van der Waals surface area contributed by atoms with Gasteiger partial charge in [-0.2, -0.15) is 0 Å². The second-order valence-corrected chi connectivity index (χ2v) is 7.40. The summed E-state index contributed by atoms with van der Waals surface area (Å²) < 4.78 is 0. The molecule has 2 aliphatic heterocycles. The van der Waals surface area contributed by atoms with Gasteiger partial charge in [0.25, 0.3) is 0 Å². The Labute approximate surface area is 118 Å². The molecule has 0 aromatic rings. The summed E-state index contributed by atoms with van der Waals surface area (Å²) >= 11 is 0. The summed E-state index contributed by atoms with van der Waals surface area (Å²) in [5.41, 5.74) is 6.08. The summed E-state index contributed by atoms with van der Waals surface area (Å²) in [6.07, 6.45) is 1.31. The van der Waals surface area contributed by atoms with Gasteiger partial charge in [-0.1, -0.05) is 6.92 Å². The lowest BCUT2D eigenvalue weighted by atomic mass is 9.90. The third-order valence-corrected chi connectivity index (χ3v) is 4.58. The minimum atomic E-state index is -0.0691. The van der Waals surface area contributed by atoms with E-state index in [1.54, 1.807) is 0 Å². The SMILES string of the molecule is CC1CN(CC(C)(C)N)CCC1N1CCN(C)CC1. The number of likely N-dealkylation sites (tertiary alicyclic amines) is 1. The van der Waals surface area contributed by atoms with Gasteiger partial charge in [0, 0.05) is 50.8 Å². The molecule has 0 aromatic carbocycles. The Morgan fingerprint density at radius 3 is 2.26 bits per heavy atom. The molecule has 2 fully saturated rings. The molecule has 4 nitrogen and oxygen atoms in total. The van der Waals surface area contributed by atoms with Gasteiger partial charge < -0.3 is 15.5 Å². The van der Waals surface area contributed by atoms with Gasteiger partial charge in [0.15, 0.2) is 0 Å². The Balaban J connectivity index is 1.83. The third kappa shape index (κ3) is 4.42. The molecule has 0 saturated carbocycles. The van der Waals surface area contributed by atoms with Crippen molar-refractivity contribution in [2.75, 3.05) is 52.9 Å². The quantitative estimate of drug-likeness (QED) is 0.817. The molecule has 0 radical (unpaired) electrons. The molecule has 112 valence electrons. The maximum atomic E-state index is 6.15. The second kappa shape index (κ2) is 6.08. The second-order valence-electron chi connectivity index (χ2n) is 7.40. The van der Waals surface area contributed by atoms with E-state index in [0.717, 1.165) is 18.5 Å². The van der Waals surface area contributed by atoms with Crippen molar-refractivity contribution in [1.82, 2.24) is 14.7 Å². The molecule has 2 aliphatic rings. The van der Waals surface area contributed by atoms with Crippen LogP contribution in [0.5, 0.6) is 0 Å². The summed E-state index contributed by atoms with van der Waals surface area (Å²) in [5, 5.41) is 0. The summed E-state index contributed by atoms with van der Waals surface area (Å²) in [7, 11) is 2.23. The molecule has 2 rings (SSSR count). The smallest absolute Gasteiger partial charge is 0.0226 e. The van der Waals surface area contributed by atoms with E-state index < -0.39 is 0 Å². The first kappa shape index (κ1) is 15.2. The van der Waals surface area contributed by atoms with Crippen molar-refractivity contribution in [1.29, 1.82) is 0 Å². The summed E-state index contributed by atoms with van der Waals surface area (Å²) in [4.78, 5) is 7.71. The monoisotopic (exact) mass is 268 g/mol. The zero-order valence-corrected chi connectivity index (χ0v) is 13.2. The van der Waals surface area contributed by atoms with Crippen LogP contribution in [-0.2, 0) is 0 Å². The highest BCUT2D eigenvalue weighted by molar-refractivity contribution is 4.89. The normalized spacial score (nSPS) is 32.7. The van der Waals surface area contributed by atoms with E-state index in [2.05, 4.69) is 42.5 Å². The fourth-order valence-corrected chi connectivity index (χ4v) is 3.64. The Hall–Kier alpha value is -0.160. The number of nitrogens with two attached hydrogens (primary N) is 1. The molecule has 2 saturated heterocycles. The number of hydrogen-bond donors (Lipinski definition) is 1. The van der Waals surface area contributed by atoms with Crippen LogP contribution in [0.3, 0.4) is 0 Å². The fourth-order valence-electron chi connectivity index (χ4n) is 3.64. The predicted octanol–water partition coefficient (Wildman–Crippen LogP) is 0.682. The first-order valence-electron chi connectivity index (χ1n) is 7.79. The van der Waals surface area contributed by atoms with Crippen molar-refractivity contribution < 1.29 is 0 Å². The molecule has 2 heterocycles. The lowest BCUT2D eigenvalue weighted by molar-refractivity contribution is 0.0300. The van der Waals surface area contributed by atoms with Gasteiger partial charge in [0.1, 0.15) is 0 Å². The van der Waals surface area contributed by atoms with Gasteiger partial charge in [-0.25, -0.2) is 0 Å². The van der Waals surface area contributed by atoms with Gasteiger partial charge >= 0.3 is 0 Å². The van der Waals surface area contributed by atoms with Crippen LogP contribution >= 0.6 is 0 Å². The van der Waals surface area contributed by atoms with E-state index >= 15 is 0 Å². The number of hydrogen-bond acceptors (Lipinski definition) is 4. The summed E-state index contributed by atoms with van der Waals surface area (Å²) in [6.45, 7) is 15.0. The standard InChI is InChI=1S/C15H32N4/c1-13-11-18(12-15(2,3)16)6-5-14(13)19-9-7-17(4)8-10-19/h13-14H,5-12,16H2,1-4H3. The number of likely N-dealkylation sites (N-methyl/N-ethyl adjacent to an activating group) is 1. The van der Waals surface area contributed by atoms with Crippen molar-refractivity contribution >= 4 is 0 Å². The summed E-state index contributed by atoms with van der Waals surface area (Å²) in [6, 6.07) is 0.783. The molecule has 2 unspecified atom stereocenters. The van der Waals surface area contributed by atoms with Gasteiger partial charge in [-0.15, -0.1) is 0 Å². The van der Waals surface area contributed by atoms with Crippen LogP contribution in [0.15, 0.2) is 0 Å². The van der Waals surface area contributed by atoms with Crippen molar-refractivity contribution in [3.05, 3.63) is 0 Å². The first-order chi connectivity index (χ1) is 8.85. The molecule has 19 heavy (non-hydrogen) atoms. The highest BCUT2D eigenvalue weighted by atomic mass is 15.3. The van der Waals surface area contributed by atoms with Crippen molar-refractivity contribution in [2.45, 2.75) is 38.8 Å². The van der Waals surface area contributed by atoms with Crippen LogP contribution in [-0.4, -0.2) is 79.1 Å². The molecular weight excluding hydrogens is 236 g/mol. The zero-order valence-electron chi connectivity index (χ0n) is 13.2. The van der Waals surface area contributed by atoms with Gasteiger partial charge in [0.05, 0.1) is 0 Å². The Bertz CT molecular complexity index is 278. The molecule has 0 amide bonds. The van der Waals surface area contributed by atoms with E-state index in [9.17, 15) is 0 Å². The van der Waals surface area contributed by atoms with Crippen LogP contribution in [0.25, 0.3) is 0 Å². The van der Waals surface area contributed by atoms with Crippen LogP contribution < -0.4 is 5.73 Å². The number of piperidine rings is 1. The van der Waals surface area contributed by atoms with E-state index in [0.29, 0.717) is 0 Å². The highest BCUT2D eigenvalue weighted by Crippen LogP contribution is 2.23. The maximum absolute atomic E-state index is 6.15. The van der Waals surface area contributed by atoms with Crippen LogP contribution in [0.4, 0.5) is 0 Å². The van der Waals surface area contributed by atoms with Crippen LogP contribution in [0, 0.1) is 5.92 Å². The highest BCUT2D eigenvalue weighted by Gasteiger charge is 2.32. The number of piperazine rings is 1. The van der Waals surface area contributed by atoms with Crippen LogP contribution in [0.1, 0.15) is 27.2 Å². The van der Waals surface area contributed by atoms with Crippen LogP contribution in [0.2, 0.25) is 0 Å². The summed E-state index contributed by atoms with van der Waals surface area (Å²) in [5.74, 6) is 0.763. The van der Waals surface area contributed by atoms with E-state index in [1.165, 1.54) is 45.7 Å². The largest absolute Gasteiger partial charge is 0.324 e. The third-order valence-electron chi connectivity index (χ3n) is 4.58. The average molecular weight is 268 g/mol. The number of rotatable bonds is 3. The Kier molecular flexibility index (Phi) is 4.88. The predicted molar refractivity (Wildman–Crippen MR) is 81.3 cm³/mol. The molecule has 0 aliphatic carbocycles. The molecular formula is C15H32N4. The van der Waals surface area contributed by atoms with E-state index in [-0.39, 0.29) is 5.54 Å². The molecule has 2 N–H and O–H groups in total. The lowest BCUT2D eigenvalue weighted by Gasteiger charge is -2.46. The van der Waals surface area contributed by atoms with Crippen molar-refractivity contribution in [3.63, 3.8) is 0 Å². The Morgan fingerprint density at radius 2 is 1.74 bits per heavy atom. The number of nitrogens with zero attached hydrogens (tertiary/aromatic N) is 3.